The smallest absolute Gasteiger partial charge is 0.164 e. The van der Waals surface area contributed by atoms with Gasteiger partial charge in [-0.25, -0.2) is 15.0 Å². The second-order valence-corrected chi connectivity index (χ2v) is 18.8. The summed E-state index contributed by atoms with van der Waals surface area (Å²) in [7, 11) is 0. The Hall–Kier alpha value is -11.7. The van der Waals surface area contributed by atoms with Gasteiger partial charge in [-0.05, 0) is 119 Å². The zero-order valence-electron chi connectivity index (χ0n) is 41.3. The Bertz CT molecular complexity index is 4740. The summed E-state index contributed by atoms with van der Waals surface area (Å²) in [6.45, 7) is 0. The molecule has 0 fully saturated rings. The summed E-state index contributed by atoms with van der Waals surface area (Å²) in [6, 6.07) is 82.4. The maximum atomic E-state index is 10.7. The highest BCUT2D eigenvalue weighted by Crippen LogP contribution is 2.44. The molecular formula is C68H36N10. The van der Waals surface area contributed by atoms with Crippen molar-refractivity contribution < 1.29 is 0 Å². The number of rotatable bonds is 8. The van der Waals surface area contributed by atoms with Crippen LogP contribution >= 0.6 is 0 Å². The third kappa shape index (κ3) is 7.91. The van der Waals surface area contributed by atoms with Crippen molar-refractivity contribution in [1.29, 1.82) is 26.3 Å². The molecule has 0 bridgehead atoms. The highest BCUT2D eigenvalue weighted by Gasteiger charge is 2.24. The summed E-state index contributed by atoms with van der Waals surface area (Å²) in [6.07, 6.45) is 0. The zero-order chi connectivity index (χ0) is 52.9. The summed E-state index contributed by atoms with van der Waals surface area (Å²) < 4.78 is 4.49. The van der Waals surface area contributed by atoms with Crippen molar-refractivity contribution >= 4 is 43.6 Å². The SMILES string of the molecule is N#Cc1cc(C#N)cc(-c2ccc3c(c2)c2ccccc2n3-c2ccc(C#N)cc2-c2ccc(-c3nc(-c4ccccc4)nc(-c4ccccc4)n3)cc2-n2c3ccccc3c3cc(-c4cc(C#N)cc(C#N)c4)ccc32)c1. The average molecular weight is 993 g/mol. The molecule has 0 aliphatic rings. The van der Waals surface area contributed by atoms with Crippen LogP contribution in [-0.2, 0) is 0 Å². The topological polar surface area (TPSA) is 167 Å². The van der Waals surface area contributed by atoms with E-state index in [1.165, 1.54) is 0 Å². The molecule has 0 saturated carbocycles. The lowest BCUT2D eigenvalue weighted by atomic mass is 9.96. The Morgan fingerprint density at radius 3 is 1.14 bits per heavy atom. The van der Waals surface area contributed by atoms with Crippen LogP contribution in [0.15, 0.2) is 218 Å². The molecule has 3 heterocycles. The van der Waals surface area contributed by atoms with Gasteiger partial charge in [-0.15, -0.1) is 0 Å². The van der Waals surface area contributed by atoms with Crippen molar-refractivity contribution in [3.8, 4) is 109 Å². The van der Waals surface area contributed by atoms with E-state index in [1.54, 1.807) is 36.4 Å². The van der Waals surface area contributed by atoms with Crippen molar-refractivity contribution in [2.75, 3.05) is 0 Å². The number of fused-ring (bicyclic) bond motifs is 6. The lowest BCUT2D eigenvalue weighted by Gasteiger charge is -2.20. The summed E-state index contributed by atoms with van der Waals surface area (Å²) in [5, 5.41) is 54.2. The molecule has 358 valence electrons. The Morgan fingerprint density at radius 1 is 0.256 bits per heavy atom. The standard InChI is InChI=1S/C68H36N10/c69-37-42-19-24-62(77-60-17-9-7-15-54(60)58-34-49(21-25-63(58)77)52-29-43(38-70)27-44(30-52)39-71)57(33-42)56-23-20-51(68-75-66(47-11-3-1-4-12-47)74-67(76-68)48-13-5-2-6-14-48)36-65(56)78-61-18-10-8-16-55(61)59-35-50(22-26-64(59)78)53-31-45(40-72)28-46(32-53)41-73/h1-36H. The monoisotopic (exact) mass is 992 g/mol. The molecule has 10 aromatic carbocycles. The van der Waals surface area contributed by atoms with Gasteiger partial charge in [0.05, 0.1) is 91.6 Å². The van der Waals surface area contributed by atoms with Crippen LogP contribution in [0.2, 0.25) is 0 Å². The van der Waals surface area contributed by atoms with Crippen LogP contribution < -0.4 is 0 Å². The van der Waals surface area contributed by atoms with Gasteiger partial charge in [0.25, 0.3) is 0 Å². The van der Waals surface area contributed by atoms with E-state index >= 15 is 0 Å². The first kappa shape index (κ1) is 46.1. The van der Waals surface area contributed by atoms with Crippen LogP contribution in [0.25, 0.3) is 123 Å². The predicted octanol–water partition coefficient (Wildman–Crippen LogP) is 15.4. The van der Waals surface area contributed by atoms with Gasteiger partial charge in [0.15, 0.2) is 17.5 Å². The van der Waals surface area contributed by atoms with E-state index in [0.717, 1.165) is 105 Å². The zero-order valence-corrected chi connectivity index (χ0v) is 41.3. The molecule has 0 unspecified atom stereocenters. The van der Waals surface area contributed by atoms with Gasteiger partial charge in [0, 0.05) is 49.4 Å². The Morgan fingerprint density at radius 2 is 0.667 bits per heavy atom. The van der Waals surface area contributed by atoms with Crippen LogP contribution in [0, 0.1) is 56.7 Å². The van der Waals surface area contributed by atoms with E-state index < -0.39 is 0 Å². The fraction of sp³-hybridized carbons (Fsp3) is 0. The highest BCUT2D eigenvalue weighted by atomic mass is 15.0. The molecule has 0 aliphatic heterocycles. The quantitative estimate of drug-likeness (QED) is 0.145. The highest BCUT2D eigenvalue weighted by molar-refractivity contribution is 6.13. The fourth-order valence-corrected chi connectivity index (χ4v) is 10.7. The number of aromatic nitrogens is 5. The van der Waals surface area contributed by atoms with Crippen molar-refractivity contribution in [1.82, 2.24) is 24.1 Å². The first-order chi connectivity index (χ1) is 38.4. The first-order valence-corrected chi connectivity index (χ1v) is 24.9. The second-order valence-electron chi connectivity index (χ2n) is 18.8. The average Bonchev–Trinajstić information content (AvgIpc) is 4.23. The largest absolute Gasteiger partial charge is 0.309 e. The van der Waals surface area contributed by atoms with Gasteiger partial charge in [-0.2, -0.15) is 26.3 Å². The normalized spacial score (nSPS) is 11.0. The van der Waals surface area contributed by atoms with Crippen LogP contribution in [0.5, 0.6) is 0 Å². The van der Waals surface area contributed by atoms with Gasteiger partial charge in [-0.3, -0.25) is 0 Å². The number of hydrogen-bond donors (Lipinski definition) is 0. The maximum Gasteiger partial charge on any atom is 0.164 e. The summed E-state index contributed by atoms with van der Waals surface area (Å²) >= 11 is 0. The van der Waals surface area contributed by atoms with E-state index in [4.69, 9.17) is 15.0 Å². The van der Waals surface area contributed by atoms with Crippen molar-refractivity contribution in [2.24, 2.45) is 0 Å². The van der Waals surface area contributed by atoms with Crippen LogP contribution in [0.4, 0.5) is 0 Å². The molecule has 0 amide bonds. The number of benzene rings is 10. The minimum Gasteiger partial charge on any atom is -0.309 e. The molecule has 10 heteroatoms. The molecular weight excluding hydrogens is 957 g/mol. The molecule has 78 heavy (non-hydrogen) atoms. The van der Waals surface area contributed by atoms with E-state index in [2.05, 4.69) is 100 Å². The van der Waals surface area contributed by atoms with Crippen LogP contribution in [0.3, 0.4) is 0 Å². The maximum absolute atomic E-state index is 10.7. The third-order valence-corrected chi connectivity index (χ3v) is 14.2. The molecule has 0 radical (unpaired) electrons. The molecule has 0 aliphatic carbocycles. The van der Waals surface area contributed by atoms with Gasteiger partial charge in [0.2, 0.25) is 0 Å². The van der Waals surface area contributed by atoms with Gasteiger partial charge in [0.1, 0.15) is 0 Å². The molecule has 13 rings (SSSR count). The van der Waals surface area contributed by atoms with E-state index in [1.807, 2.05) is 121 Å². The van der Waals surface area contributed by atoms with Crippen molar-refractivity contribution in [3.05, 3.63) is 246 Å². The Labute approximate surface area is 447 Å². The van der Waals surface area contributed by atoms with Crippen LogP contribution in [-0.4, -0.2) is 24.1 Å². The molecule has 0 atom stereocenters. The van der Waals surface area contributed by atoms with E-state index in [9.17, 15) is 26.3 Å². The first-order valence-electron chi connectivity index (χ1n) is 24.9. The lowest BCUT2D eigenvalue weighted by molar-refractivity contribution is 1.07. The minimum atomic E-state index is 0.399. The summed E-state index contributed by atoms with van der Waals surface area (Å²) in [5.74, 6) is 1.52. The number of nitrogens with zero attached hydrogens (tertiary/aromatic N) is 10. The molecule has 0 spiro atoms. The Balaban J connectivity index is 1.09. The van der Waals surface area contributed by atoms with E-state index in [-0.39, 0.29) is 0 Å². The Kier molecular flexibility index (Phi) is 11.2. The van der Waals surface area contributed by atoms with E-state index in [0.29, 0.717) is 45.3 Å². The molecule has 0 N–H and O–H groups in total. The fourth-order valence-electron chi connectivity index (χ4n) is 10.7. The summed E-state index contributed by atoms with van der Waals surface area (Å²) in [5.41, 5.74) is 14.6. The predicted molar refractivity (Wildman–Crippen MR) is 305 cm³/mol. The minimum absolute atomic E-state index is 0.399. The van der Waals surface area contributed by atoms with Gasteiger partial charge >= 0.3 is 0 Å². The molecule has 10 nitrogen and oxygen atoms in total. The third-order valence-electron chi connectivity index (χ3n) is 14.2. The number of para-hydroxylation sites is 2. The lowest BCUT2D eigenvalue weighted by Crippen LogP contribution is -2.04. The van der Waals surface area contributed by atoms with Gasteiger partial charge < -0.3 is 9.13 Å². The van der Waals surface area contributed by atoms with Gasteiger partial charge in [-0.1, -0.05) is 121 Å². The second kappa shape index (κ2) is 18.9. The number of hydrogen-bond acceptors (Lipinski definition) is 8. The van der Waals surface area contributed by atoms with Crippen molar-refractivity contribution in [2.45, 2.75) is 0 Å². The summed E-state index contributed by atoms with van der Waals surface area (Å²) in [4.78, 5) is 15.3. The van der Waals surface area contributed by atoms with Crippen LogP contribution in [0.1, 0.15) is 27.8 Å². The molecule has 13 aromatic rings. The number of nitriles is 5. The molecule has 0 saturated heterocycles. The van der Waals surface area contributed by atoms with Crippen molar-refractivity contribution in [3.63, 3.8) is 0 Å². The molecule has 3 aromatic heterocycles.